The zero-order valence-electron chi connectivity index (χ0n) is 19.8. The fourth-order valence-corrected chi connectivity index (χ4v) is 4.38. The Morgan fingerprint density at radius 2 is 1.71 bits per heavy atom. The quantitative estimate of drug-likeness (QED) is 0.512. The molecule has 1 aromatic carbocycles. The molecule has 5 heteroatoms. The van der Waals surface area contributed by atoms with E-state index in [1.165, 1.54) is 36.8 Å². The topological polar surface area (TPSA) is 49.3 Å². The van der Waals surface area contributed by atoms with Crippen molar-refractivity contribution < 1.29 is 4.79 Å². The van der Waals surface area contributed by atoms with Crippen LogP contribution in [0.25, 0.3) is 11.4 Å². The molecule has 0 aliphatic carbocycles. The van der Waals surface area contributed by atoms with Gasteiger partial charge in [-0.3, -0.25) is 4.79 Å². The van der Waals surface area contributed by atoms with E-state index in [-0.39, 0.29) is 0 Å². The number of amides is 1. The number of benzene rings is 1. The summed E-state index contributed by atoms with van der Waals surface area (Å²) < 4.78 is 0. The van der Waals surface area contributed by atoms with Crippen molar-refractivity contribution in [2.45, 2.75) is 72.6 Å². The van der Waals surface area contributed by atoms with Gasteiger partial charge in [-0.1, -0.05) is 63.3 Å². The number of piperazine rings is 1. The summed E-state index contributed by atoms with van der Waals surface area (Å²) in [7, 11) is 0. The van der Waals surface area contributed by atoms with E-state index in [4.69, 9.17) is 9.97 Å². The van der Waals surface area contributed by atoms with Crippen LogP contribution in [0.2, 0.25) is 0 Å². The molecule has 31 heavy (non-hydrogen) atoms. The highest BCUT2D eigenvalue weighted by atomic mass is 16.2. The number of unbranched alkanes of at least 4 members (excludes halogenated alkanes) is 4. The molecular weight excluding hydrogens is 384 g/mol. The van der Waals surface area contributed by atoms with E-state index < -0.39 is 0 Å². The molecule has 0 unspecified atom stereocenters. The van der Waals surface area contributed by atoms with E-state index in [2.05, 4.69) is 56.9 Å². The monoisotopic (exact) mass is 422 g/mol. The Hall–Kier alpha value is -2.43. The number of hydrogen-bond donors (Lipinski definition) is 0. The second-order valence-corrected chi connectivity index (χ2v) is 8.69. The highest BCUT2D eigenvalue weighted by Gasteiger charge is 2.24. The van der Waals surface area contributed by atoms with Gasteiger partial charge in [-0.15, -0.1) is 0 Å². The molecule has 0 atom stereocenters. The van der Waals surface area contributed by atoms with Crippen LogP contribution >= 0.6 is 0 Å². The van der Waals surface area contributed by atoms with Crippen molar-refractivity contribution in [1.82, 2.24) is 14.9 Å². The van der Waals surface area contributed by atoms with E-state index in [1.807, 2.05) is 4.90 Å². The molecule has 168 valence electrons. The molecule has 0 bridgehead atoms. The second-order valence-electron chi connectivity index (χ2n) is 8.69. The zero-order chi connectivity index (χ0) is 22.2. The minimum Gasteiger partial charge on any atom is -0.353 e. The van der Waals surface area contributed by atoms with Crippen molar-refractivity contribution in [3.63, 3.8) is 0 Å². The Balaban J connectivity index is 1.67. The predicted molar refractivity (Wildman–Crippen MR) is 128 cm³/mol. The van der Waals surface area contributed by atoms with Crippen LogP contribution in [-0.4, -0.2) is 47.0 Å². The van der Waals surface area contributed by atoms with E-state index in [0.29, 0.717) is 12.3 Å². The number of carbonyl (C=O) groups is 1. The number of hydrogen-bond acceptors (Lipinski definition) is 4. The molecule has 1 aliphatic heterocycles. The minimum absolute atomic E-state index is 0.311. The van der Waals surface area contributed by atoms with Crippen molar-refractivity contribution >= 4 is 11.7 Å². The van der Waals surface area contributed by atoms with Gasteiger partial charge < -0.3 is 9.80 Å². The number of rotatable bonds is 9. The largest absolute Gasteiger partial charge is 0.353 e. The highest BCUT2D eigenvalue weighted by Crippen LogP contribution is 2.27. The summed E-state index contributed by atoms with van der Waals surface area (Å²) in [5.74, 6) is 2.14. The number of aryl methyl sites for hydroxylation is 2. The number of nitrogens with zero attached hydrogens (tertiary/aromatic N) is 4. The van der Waals surface area contributed by atoms with Gasteiger partial charge in [0.25, 0.3) is 0 Å². The van der Waals surface area contributed by atoms with Crippen molar-refractivity contribution in [3.05, 3.63) is 41.1 Å². The molecule has 2 heterocycles. The average Bonchev–Trinajstić information content (AvgIpc) is 2.78. The SMILES string of the molecule is CCCCCCCC(=O)N1CCN(c2nc(-c3cccc(C)c3)nc(C)c2CC)CC1. The van der Waals surface area contributed by atoms with Crippen LogP contribution in [-0.2, 0) is 11.2 Å². The fourth-order valence-electron chi connectivity index (χ4n) is 4.38. The summed E-state index contributed by atoms with van der Waals surface area (Å²) in [6.07, 6.45) is 7.54. The van der Waals surface area contributed by atoms with Crippen molar-refractivity contribution in [3.8, 4) is 11.4 Å². The van der Waals surface area contributed by atoms with Crippen molar-refractivity contribution in [2.75, 3.05) is 31.1 Å². The van der Waals surface area contributed by atoms with Crippen LogP contribution in [0.15, 0.2) is 24.3 Å². The van der Waals surface area contributed by atoms with Gasteiger partial charge in [-0.2, -0.15) is 0 Å². The molecular formula is C26H38N4O. The summed E-state index contributed by atoms with van der Waals surface area (Å²) in [5, 5.41) is 0. The maximum absolute atomic E-state index is 12.6. The molecule has 0 saturated carbocycles. The number of carbonyl (C=O) groups excluding carboxylic acids is 1. The predicted octanol–water partition coefficient (Wildman–Crippen LogP) is 5.33. The molecule has 0 N–H and O–H groups in total. The third kappa shape index (κ3) is 6.05. The Kier molecular flexibility index (Phi) is 8.44. The van der Waals surface area contributed by atoms with Crippen LogP contribution in [0, 0.1) is 13.8 Å². The summed E-state index contributed by atoms with van der Waals surface area (Å²) in [6, 6.07) is 8.37. The maximum Gasteiger partial charge on any atom is 0.222 e. The lowest BCUT2D eigenvalue weighted by molar-refractivity contribution is -0.131. The summed E-state index contributed by atoms with van der Waals surface area (Å²) in [4.78, 5) is 26.8. The van der Waals surface area contributed by atoms with Gasteiger partial charge in [0.2, 0.25) is 5.91 Å². The molecule has 1 aromatic heterocycles. The van der Waals surface area contributed by atoms with Crippen LogP contribution in [0.4, 0.5) is 5.82 Å². The van der Waals surface area contributed by atoms with Gasteiger partial charge in [0.15, 0.2) is 5.82 Å². The normalized spacial score (nSPS) is 14.2. The third-order valence-corrected chi connectivity index (χ3v) is 6.25. The Morgan fingerprint density at radius 1 is 0.968 bits per heavy atom. The molecule has 2 aromatic rings. The fraction of sp³-hybridized carbons (Fsp3) is 0.577. The number of anilines is 1. The molecule has 1 amide bonds. The Bertz CT molecular complexity index is 872. The lowest BCUT2D eigenvalue weighted by Crippen LogP contribution is -2.49. The van der Waals surface area contributed by atoms with Crippen LogP contribution < -0.4 is 4.90 Å². The first-order valence-corrected chi connectivity index (χ1v) is 12.0. The minimum atomic E-state index is 0.311. The van der Waals surface area contributed by atoms with Crippen molar-refractivity contribution in [1.29, 1.82) is 0 Å². The standard InChI is InChI=1S/C26H38N4O/c1-5-7-8-9-10-14-24(31)29-15-17-30(18-16-29)26-23(6-2)21(4)27-25(28-26)22-13-11-12-20(3)19-22/h11-13,19H,5-10,14-18H2,1-4H3. The summed E-state index contributed by atoms with van der Waals surface area (Å²) >= 11 is 0. The van der Waals surface area contributed by atoms with E-state index in [0.717, 1.165) is 61.9 Å². The van der Waals surface area contributed by atoms with Gasteiger partial charge in [0.1, 0.15) is 5.82 Å². The maximum atomic E-state index is 12.6. The molecule has 1 fully saturated rings. The highest BCUT2D eigenvalue weighted by molar-refractivity contribution is 5.76. The molecule has 0 spiro atoms. The second kappa shape index (κ2) is 11.3. The third-order valence-electron chi connectivity index (χ3n) is 6.25. The van der Waals surface area contributed by atoms with E-state index in [1.54, 1.807) is 0 Å². The van der Waals surface area contributed by atoms with E-state index in [9.17, 15) is 4.79 Å². The molecule has 1 saturated heterocycles. The first-order valence-electron chi connectivity index (χ1n) is 12.0. The van der Waals surface area contributed by atoms with Crippen LogP contribution in [0.1, 0.15) is 69.2 Å². The number of aromatic nitrogens is 2. The molecule has 5 nitrogen and oxygen atoms in total. The summed E-state index contributed by atoms with van der Waals surface area (Å²) in [6.45, 7) is 11.8. The zero-order valence-corrected chi connectivity index (χ0v) is 19.8. The van der Waals surface area contributed by atoms with Crippen LogP contribution in [0.3, 0.4) is 0 Å². The molecule has 0 radical (unpaired) electrons. The smallest absolute Gasteiger partial charge is 0.222 e. The van der Waals surface area contributed by atoms with Gasteiger partial charge in [0, 0.05) is 49.4 Å². The van der Waals surface area contributed by atoms with E-state index >= 15 is 0 Å². The summed E-state index contributed by atoms with van der Waals surface area (Å²) in [5.41, 5.74) is 4.53. The molecule has 1 aliphatic rings. The van der Waals surface area contributed by atoms with Gasteiger partial charge in [-0.05, 0) is 32.8 Å². The van der Waals surface area contributed by atoms with Gasteiger partial charge in [-0.25, -0.2) is 9.97 Å². The lowest BCUT2D eigenvalue weighted by atomic mass is 10.1. The van der Waals surface area contributed by atoms with Crippen molar-refractivity contribution in [2.24, 2.45) is 0 Å². The lowest BCUT2D eigenvalue weighted by Gasteiger charge is -2.36. The Morgan fingerprint density at radius 3 is 2.39 bits per heavy atom. The average molecular weight is 423 g/mol. The molecule has 3 rings (SSSR count). The van der Waals surface area contributed by atoms with Crippen LogP contribution in [0.5, 0.6) is 0 Å². The first-order chi connectivity index (χ1) is 15.0. The first kappa shape index (κ1) is 23.2. The Labute approximate surface area is 187 Å². The van der Waals surface area contributed by atoms with Gasteiger partial charge >= 0.3 is 0 Å². The van der Waals surface area contributed by atoms with Gasteiger partial charge in [0.05, 0.1) is 0 Å².